The van der Waals surface area contributed by atoms with Crippen LogP contribution in [0.15, 0.2) is 24.3 Å². The summed E-state index contributed by atoms with van der Waals surface area (Å²) in [5.41, 5.74) is 1.22. The van der Waals surface area contributed by atoms with E-state index in [9.17, 15) is 5.11 Å². The Bertz CT molecular complexity index is 328. The molecular formula is C14H24BrNO. The van der Waals surface area contributed by atoms with Crippen LogP contribution in [0.1, 0.15) is 25.8 Å². The number of hydrogen-bond donors (Lipinski definition) is 1. The van der Waals surface area contributed by atoms with Gasteiger partial charge in [-0.25, -0.2) is 0 Å². The molecule has 1 rings (SSSR count). The van der Waals surface area contributed by atoms with Gasteiger partial charge in [0.25, 0.3) is 0 Å². The molecule has 1 aromatic rings. The molecule has 0 spiro atoms. The molecule has 0 aromatic heterocycles. The molecule has 17 heavy (non-hydrogen) atoms. The van der Waals surface area contributed by atoms with Gasteiger partial charge in [-0.2, -0.15) is 0 Å². The van der Waals surface area contributed by atoms with Gasteiger partial charge >= 0.3 is 0 Å². The van der Waals surface area contributed by atoms with Crippen molar-refractivity contribution in [3.63, 3.8) is 0 Å². The smallest absolute Gasteiger partial charge is 0.115 e. The number of hydrogen-bond acceptors (Lipinski definition) is 2. The van der Waals surface area contributed by atoms with Crippen molar-refractivity contribution in [3.8, 4) is 5.75 Å². The summed E-state index contributed by atoms with van der Waals surface area (Å²) in [5, 5.41) is 9.42. The molecule has 0 fully saturated rings. The zero-order valence-corrected chi connectivity index (χ0v) is 12.9. The highest BCUT2D eigenvalue weighted by Gasteiger charge is 2.17. The van der Waals surface area contributed by atoms with Gasteiger partial charge in [-0.3, -0.25) is 0 Å². The van der Waals surface area contributed by atoms with Crippen LogP contribution in [0.4, 0.5) is 0 Å². The third-order valence-electron chi connectivity index (χ3n) is 3.21. The van der Waals surface area contributed by atoms with Crippen LogP contribution < -0.4 is 0 Å². The molecule has 0 heterocycles. The van der Waals surface area contributed by atoms with Crippen LogP contribution in [0.3, 0.4) is 0 Å². The van der Waals surface area contributed by atoms with Gasteiger partial charge in [0.05, 0.1) is 0 Å². The molecular weight excluding hydrogens is 278 g/mol. The summed E-state index contributed by atoms with van der Waals surface area (Å²) in [5.74, 6) is 0.962. The zero-order chi connectivity index (χ0) is 12.1. The third-order valence-corrected chi connectivity index (χ3v) is 3.21. The second kappa shape index (κ2) is 7.72. The fraction of sp³-hybridized carbons (Fsp3) is 0.571. The van der Waals surface area contributed by atoms with Crippen molar-refractivity contribution in [2.75, 3.05) is 14.1 Å². The average molecular weight is 302 g/mol. The number of benzene rings is 1. The maximum Gasteiger partial charge on any atom is 0.115 e. The normalized spacial score (nSPS) is 14.2. The van der Waals surface area contributed by atoms with Crippen molar-refractivity contribution >= 4 is 17.0 Å². The lowest BCUT2D eigenvalue weighted by atomic mass is 9.91. The molecule has 0 saturated carbocycles. The Labute approximate surface area is 115 Å². The van der Waals surface area contributed by atoms with Gasteiger partial charge in [-0.15, -0.1) is 17.0 Å². The van der Waals surface area contributed by atoms with Crippen LogP contribution in [0.5, 0.6) is 5.75 Å². The summed E-state index contributed by atoms with van der Waals surface area (Å²) in [7, 11) is 4.26. The van der Waals surface area contributed by atoms with Gasteiger partial charge in [0, 0.05) is 6.04 Å². The minimum absolute atomic E-state index is 0. The predicted molar refractivity (Wildman–Crippen MR) is 79.1 cm³/mol. The van der Waals surface area contributed by atoms with Gasteiger partial charge in [-0.05, 0) is 50.6 Å². The zero-order valence-electron chi connectivity index (χ0n) is 11.2. The first-order valence-electron chi connectivity index (χ1n) is 5.99. The lowest BCUT2D eigenvalue weighted by molar-refractivity contribution is 0.213. The fourth-order valence-corrected chi connectivity index (χ4v) is 2.47. The molecule has 0 aliphatic heterocycles. The molecule has 0 bridgehead atoms. The van der Waals surface area contributed by atoms with E-state index in [1.54, 1.807) is 6.07 Å². The summed E-state index contributed by atoms with van der Waals surface area (Å²) in [6.45, 7) is 4.50. The molecule has 98 valence electrons. The summed E-state index contributed by atoms with van der Waals surface area (Å²) < 4.78 is 0. The second-order valence-corrected chi connectivity index (χ2v) is 4.79. The van der Waals surface area contributed by atoms with Crippen LogP contribution >= 0.6 is 17.0 Å². The number of aromatic hydroxyl groups is 1. The van der Waals surface area contributed by atoms with Crippen LogP contribution in [0.25, 0.3) is 0 Å². The summed E-state index contributed by atoms with van der Waals surface area (Å²) in [4.78, 5) is 2.29. The number of phenols is 1. The van der Waals surface area contributed by atoms with E-state index >= 15 is 0 Å². The van der Waals surface area contributed by atoms with E-state index in [0.717, 1.165) is 12.8 Å². The lowest BCUT2D eigenvalue weighted by Gasteiger charge is -2.29. The van der Waals surface area contributed by atoms with E-state index in [1.807, 2.05) is 12.1 Å². The number of rotatable bonds is 5. The van der Waals surface area contributed by atoms with E-state index in [-0.39, 0.29) is 17.0 Å². The third kappa shape index (κ3) is 5.09. The SMILES string of the molecule is Br.CCC([C@H](C)Cc1cccc(O)c1)N(C)C. The minimum Gasteiger partial charge on any atom is -0.508 e. The van der Waals surface area contributed by atoms with Crippen molar-refractivity contribution in [3.05, 3.63) is 29.8 Å². The quantitative estimate of drug-likeness (QED) is 0.900. The first kappa shape index (κ1) is 16.5. The van der Waals surface area contributed by atoms with Crippen molar-refractivity contribution in [2.24, 2.45) is 5.92 Å². The molecule has 0 aliphatic rings. The molecule has 0 amide bonds. The number of phenolic OH excluding ortho intramolecular Hbond substituents is 1. The summed E-state index contributed by atoms with van der Waals surface area (Å²) >= 11 is 0. The van der Waals surface area contributed by atoms with E-state index < -0.39 is 0 Å². The molecule has 3 heteroatoms. The Balaban J connectivity index is 0.00000256. The Morgan fingerprint density at radius 2 is 1.94 bits per heavy atom. The minimum atomic E-state index is 0. The van der Waals surface area contributed by atoms with E-state index in [4.69, 9.17) is 0 Å². The molecule has 1 aromatic carbocycles. The Kier molecular flexibility index (Phi) is 7.48. The highest BCUT2D eigenvalue weighted by Crippen LogP contribution is 2.20. The molecule has 2 nitrogen and oxygen atoms in total. The molecule has 0 aliphatic carbocycles. The Morgan fingerprint density at radius 1 is 1.29 bits per heavy atom. The van der Waals surface area contributed by atoms with Gasteiger partial charge in [0.1, 0.15) is 5.75 Å². The Hall–Kier alpha value is -0.540. The number of halogens is 1. The van der Waals surface area contributed by atoms with Crippen LogP contribution in [-0.4, -0.2) is 30.1 Å². The second-order valence-electron chi connectivity index (χ2n) is 4.79. The molecule has 0 saturated heterocycles. The van der Waals surface area contributed by atoms with E-state index in [1.165, 1.54) is 5.56 Å². The van der Waals surface area contributed by atoms with Crippen molar-refractivity contribution in [1.29, 1.82) is 0 Å². The predicted octanol–water partition coefficient (Wildman–Crippen LogP) is 3.49. The van der Waals surface area contributed by atoms with E-state index in [2.05, 4.69) is 38.9 Å². The summed E-state index contributed by atoms with van der Waals surface area (Å²) in [6, 6.07) is 8.17. The van der Waals surface area contributed by atoms with Gasteiger partial charge < -0.3 is 10.0 Å². The summed E-state index contributed by atoms with van der Waals surface area (Å²) in [6.07, 6.45) is 2.18. The van der Waals surface area contributed by atoms with Gasteiger partial charge in [0.2, 0.25) is 0 Å². The first-order valence-corrected chi connectivity index (χ1v) is 5.99. The topological polar surface area (TPSA) is 23.5 Å². The maximum absolute atomic E-state index is 9.42. The van der Waals surface area contributed by atoms with Gasteiger partial charge in [-0.1, -0.05) is 26.0 Å². The monoisotopic (exact) mass is 301 g/mol. The Morgan fingerprint density at radius 3 is 2.41 bits per heavy atom. The van der Waals surface area contributed by atoms with Crippen LogP contribution in [-0.2, 0) is 6.42 Å². The van der Waals surface area contributed by atoms with Crippen LogP contribution in [0.2, 0.25) is 0 Å². The standard InChI is InChI=1S/C14H23NO.BrH/c1-5-14(15(3)4)11(2)9-12-7-6-8-13(16)10-12;/h6-8,10-11,14,16H,5,9H2,1-4H3;1H/t11-,14?;/m1./s1. The molecule has 1 unspecified atom stereocenters. The molecule has 0 radical (unpaired) electrons. The van der Waals surface area contributed by atoms with Crippen molar-refractivity contribution < 1.29 is 5.11 Å². The molecule has 1 N–H and O–H groups in total. The van der Waals surface area contributed by atoms with Crippen LogP contribution in [0, 0.1) is 5.92 Å². The average Bonchev–Trinajstić information content (AvgIpc) is 2.17. The van der Waals surface area contributed by atoms with Crippen molar-refractivity contribution in [2.45, 2.75) is 32.7 Å². The maximum atomic E-state index is 9.42. The number of nitrogens with zero attached hydrogens (tertiary/aromatic N) is 1. The largest absolute Gasteiger partial charge is 0.508 e. The first-order chi connectivity index (χ1) is 7.54. The van der Waals surface area contributed by atoms with E-state index in [0.29, 0.717) is 17.7 Å². The van der Waals surface area contributed by atoms with Gasteiger partial charge in [0.15, 0.2) is 0 Å². The highest BCUT2D eigenvalue weighted by atomic mass is 79.9. The van der Waals surface area contributed by atoms with Crippen molar-refractivity contribution in [1.82, 2.24) is 4.90 Å². The fourth-order valence-electron chi connectivity index (χ4n) is 2.47. The lowest BCUT2D eigenvalue weighted by Crippen LogP contribution is -2.34. The highest BCUT2D eigenvalue weighted by molar-refractivity contribution is 8.93. The molecule has 2 atom stereocenters.